The molecule has 17 heavy (non-hydrogen) atoms. The van der Waals surface area contributed by atoms with Gasteiger partial charge in [-0.2, -0.15) is 0 Å². The van der Waals surface area contributed by atoms with Crippen molar-refractivity contribution in [3.63, 3.8) is 0 Å². The average molecular weight is 244 g/mol. The van der Waals surface area contributed by atoms with E-state index in [1.165, 1.54) is 7.05 Å². The lowest BCUT2D eigenvalue weighted by atomic mass is 10.4. The van der Waals surface area contributed by atoms with Crippen LogP contribution in [0.4, 0.5) is 4.79 Å². The van der Waals surface area contributed by atoms with Crippen molar-refractivity contribution < 1.29 is 14.4 Å². The summed E-state index contributed by atoms with van der Waals surface area (Å²) in [7, 11) is 1.43. The zero-order valence-corrected chi connectivity index (χ0v) is 10.5. The molecule has 7 nitrogen and oxygen atoms in total. The highest BCUT2D eigenvalue weighted by atomic mass is 16.2. The van der Waals surface area contributed by atoms with Gasteiger partial charge in [0.2, 0.25) is 11.8 Å². The summed E-state index contributed by atoms with van der Waals surface area (Å²) in [5.41, 5.74) is 0. The van der Waals surface area contributed by atoms with Crippen LogP contribution in [0.2, 0.25) is 0 Å². The van der Waals surface area contributed by atoms with Gasteiger partial charge in [-0.25, -0.2) is 4.79 Å². The Kier molecular flexibility index (Phi) is 7.70. The van der Waals surface area contributed by atoms with Gasteiger partial charge in [0.25, 0.3) is 0 Å². The second-order valence-electron chi connectivity index (χ2n) is 3.38. The fourth-order valence-corrected chi connectivity index (χ4v) is 1.17. The Hall–Kier alpha value is -1.63. The molecule has 0 aliphatic rings. The number of nitrogens with zero attached hydrogens (tertiary/aromatic N) is 1. The highest BCUT2D eigenvalue weighted by Gasteiger charge is 2.13. The molecule has 0 bridgehead atoms. The molecule has 0 aliphatic heterocycles. The molecule has 0 radical (unpaired) electrons. The summed E-state index contributed by atoms with van der Waals surface area (Å²) in [6.07, 6.45) is 0. The number of carbonyl (C=O) groups excluding carboxylic acids is 3. The number of hydrogen-bond donors (Lipinski definition) is 3. The zero-order chi connectivity index (χ0) is 13.3. The number of carbonyl (C=O) groups is 3. The predicted octanol–water partition coefficient (Wildman–Crippen LogP) is -1.10. The number of urea groups is 1. The molecule has 0 aliphatic carbocycles. The van der Waals surface area contributed by atoms with Crippen molar-refractivity contribution in [1.82, 2.24) is 20.9 Å². The minimum atomic E-state index is -0.552. The Morgan fingerprint density at radius 3 is 2.12 bits per heavy atom. The lowest BCUT2D eigenvalue weighted by Crippen LogP contribution is -2.46. The Bertz CT molecular complexity index is 281. The third-order valence-corrected chi connectivity index (χ3v) is 2.04. The first-order valence-corrected chi connectivity index (χ1v) is 5.54. The van der Waals surface area contributed by atoms with Gasteiger partial charge in [-0.15, -0.1) is 0 Å². The molecule has 0 heterocycles. The largest absolute Gasteiger partial charge is 0.355 e. The summed E-state index contributed by atoms with van der Waals surface area (Å²) in [5, 5.41) is 7.06. The number of imide groups is 1. The van der Waals surface area contributed by atoms with Crippen LogP contribution in [-0.4, -0.2) is 56.0 Å². The first-order valence-electron chi connectivity index (χ1n) is 5.54. The lowest BCUT2D eigenvalue weighted by Gasteiger charge is -2.18. The van der Waals surface area contributed by atoms with Crippen molar-refractivity contribution in [1.29, 1.82) is 0 Å². The fourth-order valence-electron chi connectivity index (χ4n) is 1.17. The van der Waals surface area contributed by atoms with E-state index in [1.54, 1.807) is 4.90 Å². The van der Waals surface area contributed by atoms with Crippen LogP contribution in [0.25, 0.3) is 0 Å². The maximum atomic E-state index is 11.4. The van der Waals surface area contributed by atoms with Gasteiger partial charge < -0.3 is 10.6 Å². The molecule has 0 spiro atoms. The first-order chi connectivity index (χ1) is 8.03. The Morgan fingerprint density at radius 1 is 1.06 bits per heavy atom. The third kappa shape index (κ3) is 7.29. The zero-order valence-electron chi connectivity index (χ0n) is 10.5. The summed E-state index contributed by atoms with van der Waals surface area (Å²) in [6.45, 7) is 4.94. The number of hydrogen-bond acceptors (Lipinski definition) is 4. The minimum Gasteiger partial charge on any atom is -0.355 e. The van der Waals surface area contributed by atoms with Crippen molar-refractivity contribution in [2.24, 2.45) is 0 Å². The summed E-state index contributed by atoms with van der Waals surface area (Å²) in [5.74, 6) is -0.572. The highest BCUT2D eigenvalue weighted by molar-refractivity contribution is 5.95. The van der Waals surface area contributed by atoms with Gasteiger partial charge >= 0.3 is 6.03 Å². The quantitative estimate of drug-likeness (QED) is 0.553. The maximum Gasteiger partial charge on any atom is 0.321 e. The van der Waals surface area contributed by atoms with Crippen LogP contribution >= 0.6 is 0 Å². The lowest BCUT2D eigenvalue weighted by molar-refractivity contribution is -0.124. The van der Waals surface area contributed by atoms with E-state index in [2.05, 4.69) is 16.0 Å². The molecule has 0 unspecified atom stereocenters. The van der Waals surface area contributed by atoms with E-state index in [1.807, 2.05) is 13.8 Å². The second kappa shape index (κ2) is 8.51. The van der Waals surface area contributed by atoms with Gasteiger partial charge in [0.1, 0.15) is 0 Å². The van der Waals surface area contributed by atoms with Gasteiger partial charge in [0.05, 0.1) is 13.1 Å². The molecular weight excluding hydrogens is 224 g/mol. The summed E-state index contributed by atoms with van der Waals surface area (Å²) >= 11 is 0. The van der Waals surface area contributed by atoms with E-state index in [0.717, 1.165) is 0 Å². The van der Waals surface area contributed by atoms with Crippen LogP contribution in [-0.2, 0) is 9.59 Å². The first kappa shape index (κ1) is 15.4. The van der Waals surface area contributed by atoms with Crippen LogP contribution in [0, 0.1) is 0 Å². The van der Waals surface area contributed by atoms with Gasteiger partial charge in [-0.1, -0.05) is 6.92 Å². The average Bonchev–Trinajstić information content (AvgIpc) is 2.28. The molecule has 0 rings (SSSR count). The third-order valence-electron chi connectivity index (χ3n) is 2.04. The van der Waals surface area contributed by atoms with Crippen LogP contribution < -0.4 is 16.0 Å². The molecule has 0 saturated heterocycles. The van der Waals surface area contributed by atoms with E-state index in [4.69, 9.17) is 0 Å². The predicted molar refractivity (Wildman–Crippen MR) is 63.4 cm³/mol. The van der Waals surface area contributed by atoms with Crippen LogP contribution in [0.1, 0.15) is 13.8 Å². The van der Waals surface area contributed by atoms with Gasteiger partial charge in [-0.3, -0.25) is 19.8 Å². The summed E-state index contributed by atoms with van der Waals surface area (Å²) in [4.78, 5) is 35.2. The van der Waals surface area contributed by atoms with Crippen molar-refractivity contribution in [3.05, 3.63) is 0 Å². The molecule has 0 saturated carbocycles. The van der Waals surface area contributed by atoms with Crippen LogP contribution in [0.5, 0.6) is 0 Å². The van der Waals surface area contributed by atoms with Gasteiger partial charge in [-0.05, 0) is 13.5 Å². The molecule has 3 N–H and O–H groups in total. The van der Waals surface area contributed by atoms with Crippen molar-refractivity contribution in [2.45, 2.75) is 13.8 Å². The van der Waals surface area contributed by atoms with E-state index in [-0.39, 0.29) is 19.0 Å². The number of nitrogens with one attached hydrogen (secondary N) is 3. The normalized spacial score (nSPS) is 9.88. The van der Waals surface area contributed by atoms with Gasteiger partial charge in [0, 0.05) is 13.6 Å². The highest BCUT2D eigenvalue weighted by Crippen LogP contribution is 1.87. The minimum absolute atomic E-state index is 0.0149. The van der Waals surface area contributed by atoms with Crippen LogP contribution in [0.3, 0.4) is 0 Å². The molecule has 98 valence electrons. The smallest absolute Gasteiger partial charge is 0.321 e. The SMILES string of the molecule is CCNC(=O)CN(CC)CC(=O)NC(=O)NC. The Labute approximate surface area is 101 Å². The Balaban J connectivity index is 4.07. The standard InChI is InChI=1S/C10H20N4O3/c1-4-12-8(15)6-14(5-2)7-9(16)13-10(17)11-3/h4-7H2,1-3H3,(H,12,15)(H2,11,13,16,17). The van der Waals surface area contributed by atoms with Crippen molar-refractivity contribution in [2.75, 3.05) is 33.2 Å². The second-order valence-corrected chi connectivity index (χ2v) is 3.38. The number of rotatable bonds is 6. The number of amides is 4. The monoisotopic (exact) mass is 244 g/mol. The maximum absolute atomic E-state index is 11.4. The molecule has 0 aromatic rings. The van der Waals surface area contributed by atoms with Crippen molar-refractivity contribution in [3.8, 4) is 0 Å². The summed E-state index contributed by atoms with van der Waals surface area (Å²) < 4.78 is 0. The van der Waals surface area contributed by atoms with Crippen LogP contribution in [0.15, 0.2) is 0 Å². The molecule has 0 atom stereocenters. The van der Waals surface area contributed by atoms with E-state index in [9.17, 15) is 14.4 Å². The topological polar surface area (TPSA) is 90.5 Å². The summed E-state index contributed by atoms with van der Waals surface area (Å²) in [6, 6.07) is -0.552. The molecular formula is C10H20N4O3. The van der Waals surface area contributed by atoms with E-state index >= 15 is 0 Å². The van der Waals surface area contributed by atoms with E-state index in [0.29, 0.717) is 13.1 Å². The fraction of sp³-hybridized carbons (Fsp3) is 0.700. The van der Waals surface area contributed by atoms with Crippen molar-refractivity contribution >= 4 is 17.8 Å². The Morgan fingerprint density at radius 2 is 1.65 bits per heavy atom. The molecule has 0 fully saturated rings. The van der Waals surface area contributed by atoms with Gasteiger partial charge in [0.15, 0.2) is 0 Å². The molecule has 4 amide bonds. The number of likely N-dealkylation sites (N-methyl/N-ethyl adjacent to an activating group) is 2. The molecule has 7 heteroatoms. The molecule has 0 aromatic heterocycles. The van der Waals surface area contributed by atoms with E-state index < -0.39 is 11.9 Å². The molecule has 0 aromatic carbocycles.